The fourth-order valence-corrected chi connectivity index (χ4v) is 4.45. The Labute approximate surface area is 205 Å². The summed E-state index contributed by atoms with van der Waals surface area (Å²) < 4.78 is 48.9. The molecule has 0 amide bonds. The van der Waals surface area contributed by atoms with E-state index in [1.165, 1.54) is 16.8 Å². The van der Waals surface area contributed by atoms with Crippen LogP contribution in [0.5, 0.6) is 5.75 Å². The Balaban J connectivity index is 1.33. The number of halogens is 3. The summed E-state index contributed by atoms with van der Waals surface area (Å²) in [6.45, 7) is 1.83. The zero-order chi connectivity index (χ0) is 25.3. The second-order valence-electron chi connectivity index (χ2n) is 8.68. The normalized spacial score (nSPS) is 15.9. The van der Waals surface area contributed by atoms with Crippen LogP contribution in [0.15, 0.2) is 48.7 Å². The van der Waals surface area contributed by atoms with Crippen LogP contribution in [-0.4, -0.2) is 44.7 Å². The number of nitriles is 1. The molecule has 4 heterocycles. The molecule has 11 heteroatoms. The van der Waals surface area contributed by atoms with E-state index in [0.717, 1.165) is 31.4 Å². The van der Waals surface area contributed by atoms with Gasteiger partial charge in [0.25, 0.3) is 0 Å². The molecule has 0 spiro atoms. The van der Waals surface area contributed by atoms with Crippen molar-refractivity contribution >= 4 is 16.9 Å². The highest BCUT2D eigenvalue weighted by molar-refractivity contribution is 5.83. The number of alkyl halides is 3. The van der Waals surface area contributed by atoms with Gasteiger partial charge in [-0.05, 0) is 55.2 Å². The average molecular weight is 493 g/mol. The lowest BCUT2D eigenvalue weighted by atomic mass is 10.0. The van der Waals surface area contributed by atoms with Crippen molar-refractivity contribution in [1.29, 1.82) is 5.26 Å². The number of ether oxygens (including phenoxy) is 1. The van der Waals surface area contributed by atoms with Crippen molar-refractivity contribution in [2.45, 2.75) is 19.0 Å². The van der Waals surface area contributed by atoms with Crippen LogP contribution in [-0.2, 0) is 13.2 Å². The van der Waals surface area contributed by atoms with Gasteiger partial charge in [0, 0.05) is 31.9 Å². The lowest BCUT2D eigenvalue weighted by Gasteiger charge is -2.18. The molecule has 4 aromatic rings. The van der Waals surface area contributed by atoms with Gasteiger partial charge in [-0.3, -0.25) is 0 Å². The van der Waals surface area contributed by atoms with Gasteiger partial charge in [-0.2, -0.15) is 18.4 Å². The zero-order valence-corrected chi connectivity index (χ0v) is 19.4. The van der Waals surface area contributed by atoms with Crippen molar-refractivity contribution in [2.24, 2.45) is 13.0 Å². The molecule has 0 aliphatic carbocycles. The van der Waals surface area contributed by atoms with E-state index >= 15 is 0 Å². The van der Waals surface area contributed by atoms with Crippen LogP contribution in [0, 0.1) is 17.2 Å². The second kappa shape index (κ2) is 9.45. The Morgan fingerprint density at radius 3 is 2.81 bits per heavy atom. The number of nitrogens with zero attached hydrogens (tertiary/aromatic N) is 7. The number of hydrogen-bond acceptors (Lipinski definition) is 7. The lowest BCUT2D eigenvalue weighted by Crippen LogP contribution is -2.21. The number of anilines is 1. The first-order valence-corrected chi connectivity index (χ1v) is 11.4. The minimum atomic E-state index is -4.62. The van der Waals surface area contributed by atoms with Gasteiger partial charge in [0.2, 0.25) is 0 Å². The molecular formula is C25H22F3N7O. The fraction of sp³-hybridized carbons (Fsp3) is 0.320. The van der Waals surface area contributed by atoms with Crippen LogP contribution in [0.4, 0.5) is 19.0 Å². The molecule has 0 bridgehead atoms. The van der Waals surface area contributed by atoms with E-state index in [1.807, 2.05) is 24.3 Å². The minimum Gasteiger partial charge on any atom is -0.493 e. The average Bonchev–Trinajstić information content (AvgIpc) is 3.50. The molecule has 1 aliphatic heterocycles. The minimum absolute atomic E-state index is 0.000736. The van der Waals surface area contributed by atoms with Gasteiger partial charge in [-0.25, -0.2) is 14.6 Å². The molecule has 3 aromatic heterocycles. The first-order valence-electron chi connectivity index (χ1n) is 11.4. The number of fused-ring (bicyclic) bond motifs is 1. The zero-order valence-electron chi connectivity index (χ0n) is 19.4. The first-order chi connectivity index (χ1) is 17.3. The number of aromatic nitrogens is 5. The summed E-state index contributed by atoms with van der Waals surface area (Å²) in [5, 5.41) is 17.2. The number of hydrogen-bond donors (Lipinski definition) is 0. The Morgan fingerprint density at radius 1 is 1.19 bits per heavy atom. The topological polar surface area (TPSA) is 92.8 Å². The third kappa shape index (κ3) is 4.66. The molecule has 1 unspecified atom stereocenters. The maximum Gasteiger partial charge on any atom is 0.419 e. The summed E-state index contributed by atoms with van der Waals surface area (Å²) in [6.07, 6.45) is -1.30. The molecule has 1 atom stereocenters. The van der Waals surface area contributed by atoms with Crippen molar-refractivity contribution in [2.75, 3.05) is 24.6 Å². The van der Waals surface area contributed by atoms with Crippen LogP contribution in [0.3, 0.4) is 0 Å². The maximum atomic E-state index is 13.9. The predicted octanol–water partition coefficient (Wildman–Crippen LogP) is 4.61. The fourth-order valence-electron chi connectivity index (χ4n) is 4.45. The van der Waals surface area contributed by atoms with Gasteiger partial charge in [0.15, 0.2) is 5.69 Å². The Bertz CT molecular complexity index is 1430. The van der Waals surface area contributed by atoms with Crippen LogP contribution in [0.1, 0.15) is 24.1 Å². The van der Waals surface area contributed by atoms with Crippen molar-refractivity contribution in [3.8, 4) is 23.1 Å². The molecule has 36 heavy (non-hydrogen) atoms. The van der Waals surface area contributed by atoms with E-state index in [2.05, 4.69) is 25.2 Å². The van der Waals surface area contributed by atoms with Gasteiger partial charge < -0.3 is 9.64 Å². The summed E-state index contributed by atoms with van der Waals surface area (Å²) in [5.74, 6) is 0.993. The van der Waals surface area contributed by atoms with E-state index in [9.17, 15) is 18.4 Å². The van der Waals surface area contributed by atoms with Crippen LogP contribution in [0.2, 0.25) is 0 Å². The molecule has 0 saturated carbocycles. The van der Waals surface area contributed by atoms with E-state index in [1.54, 1.807) is 19.3 Å². The summed E-state index contributed by atoms with van der Waals surface area (Å²) >= 11 is 0. The van der Waals surface area contributed by atoms with E-state index in [-0.39, 0.29) is 29.3 Å². The standard InChI is InChI=1S/C25H22F3N7O/c1-34-21-13-19(31-20(14-29)24(21)32-33-34)17-5-6-22(18(12-17)25(26,27)28)36-11-8-16-7-10-35(15-16)23-4-2-3-9-30-23/h2-6,9,12-13,16H,7-8,10-11,15H2,1H3. The second-order valence-corrected chi connectivity index (χ2v) is 8.68. The van der Waals surface area contributed by atoms with Crippen molar-refractivity contribution in [3.05, 3.63) is 59.9 Å². The quantitative estimate of drug-likeness (QED) is 0.387. The van der Waals surface area contributed by atoms with Crippen LogP contribution in [0.25, 0.3) is 22.3 Å². The SMILES string of the molecule is Cn1nnc2c(C#N)nc(-c3ccc(OCCC4CCN(c5ccccn5)C4)c(C(F)(F)F)c3)cc21. The highest BCUT2D eigenvalue weighted by Crippen LogP contribution is 2.39. The van der Waals surface area contributed by atoms with Crippen molar-refractivity contribution in [3.63, 3.8) is 0 Å². The Morgan fingerprint density at radius 2 is 2.06 bits per heavy atom. The summed E-state index contributed by atoms with van der Waals surface area (Å²) in [7, 11) is 1.64. The van der Waals surface area contributed by atoms with Gasteiger partial charge in [-0.15, -0.1) is 5.10 Å². The van der Waals surface area contributed by atoms with E-state index < -0.39 is 11.7 Å². The van der Waals surface area contributed by atoms with Gasteiger partial charge in [0.05, 0.1) is 23.4 Å². The van der Waals surface area contributed by atoms with E-state index in [0.29, 0.717) is 23.4 Å². The largest absolute Gasteiger partial charge is 0.493 e. The number of pyridine rings is 2. The molecule has 1 fully saturated rings. The van der Waals surface area contributed by atoms with E-state index in [4.69, 9.17) is 4.74 Å². The molecule has 8 nitrogen and oxygen atoms in total. The Hall–Kier alpha value is -4.20. The van der Waals surface area contributed by atoms with Gasteiger partial charge >= 0.3 is 6.18 Å². The van der Waals surface area contributed by atoms with Crippen LogP contribution >= 0.6 is 0 Å². The number of rotatable bonds is 6. The highest BCUT2D eigenvalue weighted by atomic mass is 19.4. The molecule has 1 aromatic carbocycles. The Kier molecular flexibility index (Phi) is 6.18. The molecule has 1 saturated heterocycles. The molecule has 1 aliphatic rings. The molecule has 0 N–H and O–H groups in total. The number of aryl methyl sites for hydroxylation is 1. The van der Waals surface area contributed by atoms with Gasteiger partial charge in [0.1, 0.15) is 23.2 Å². The van der Waals surface area contributed by atoms with Crippen molar-refractivity contribution < 1.29 is 17.9 Å². The predicted molar refractivity (Wildman–Crippen MR) is 126 cm³/mol. The van der Waals surface area contributed by atoms with Gasteiger partial charge in [-0.1, -0.05) is 11.3 Å². The monoisotopic (exact) mass is 493 g/mol. The smallest absolute Gasteiger partial charge is 0.419 e. The van der Waals surface area contributed by atoms with Crippen LogP contribution < -0.4 is 9.64 Å². The molecular weight excluding hydrogens is 471 g/mol. The summed E-state index contributed by atoms with van der Waals surface area (Å²) in [6, 6.07) is 13.1. The molecule has 184 valence electrons. The first kappa shape index (κ1) is 23.5. The lowest BCUT2D eigenvalue weighted by molar-refractivity contribution is -0.138. The summed E-state index contributed by atoms with van der Waals surface area (Å²) in [4.78, 5) is 10.7. The maximum absolute atomic E-state index is 13.9. The number of benzene rings is 1. The molecule has 0 radical (unpaired) electrons. The molecule has 5 rings (SSSR count). The third-order valence-electron chi connectivity index (χ3n) is 6.33. The summed E-state index contributed by atoms with van der Waals surface area (Å²) in [5.41, 5.74) is 0.360. The third-order valence-corrected chi connectivity index (χ3v) is 6.33. The van der Waals surface area contributed by atoms with Crippen molar-refractivity contribution in [1.82, 2.24) is 25.0 Å². The highest BCUT2D eigenvalue weighted by Gasteiger charge is 2.35.